The molecule has 0 rings (SSSR count). The van der Waals surface area contributed by atoms with Crippen LogP contribution in [0.15, 0.2) is 12.2 Å². The molecule has 0 spiro atoms. The summed E-state index contributed by atoms with van der Waals surface area (Å²) >= 11 is 0. The SMILES string of the molecule is CCCCCC/C=C/CCCCCCCCCCCCCCC[N+](CC(CC)C(=O)O)(CC(CC)C(=O)O)CC(CC)C(=O)O. The van der Waals surface area contributed by atoms with Crippen molar-refractivity contribution in [2.45, 2.75) is 169 Å². The molecule has 0 radical (unpaired) electrons. The number of rotatable bonds is 33. The van der Waals surface area contributed by atoms with E-state index in [1.807, 2.05) is 20.8 Å². The van der Waals surface area contributed by atoms with Gasteiger partial charge in [-0.05, 0) is 57.8 Å². The second-order valence-electron chi connectivity index (χ2n) is 13.6. The number of hydrogen-bond donors (Lipinski definition) is 3. The molecule has 0 aliphatic rings. The fourth-order valence-electron chi connectivity index (χ4n) is 6.62. The number of quaternary nitrogens is 1. The summed E-state index contributed by atoms with van der Waals surface area (Å²) < 4.78 is 0.260. The van der Waals surface area contributed by atoms with E-state index in [1.54, 1.807) is 0 Å². The van der Waals surface area contributed by atoms with E-state index in [0.717, 1.165) is 19.3 Å². The Morgan fingerprint density at radius 1 is 0.467 bits per heavy atom. The van der Waals surface area contributed by atoms with E-state index < -0.39 is 35.7 Å². The van der Waals surface area contributed by atoms with Gasteiger partial charge in [0.05, 0.1) is 26.2 Å². The van der Waals surface area contributed by atoms with Crippen LogP contribution in [0.5, 0.6) is 0 Å². The lowest BCUT2D eigenvalue weighted by molar-refractivity contribution is -0.935. The smallest absolute Gasteiger partial charge is 0.312 e. The molecule has 7 nitrogen and oxygen atoms in total. The molecule has 264 valence electrons. The van der Waals surface area contributed by atoms with Crippen LogP contribution in [-0.4, -0.2) is 63.9 Å². The minimum Gasteiger partial charge on any atom is -0.481 e. The highest BCUT2D eigenvalue weighted by atomic mass is 16.4. The molecule has 0 saturated heterocycles. The van der Waals surface area contributed by atoms with Gasteiger partial charge >= 0.3 is 17.9 Å². The van der Waals surface area contributed by atoms with Crippen LogP contribution in [-0.2, 0) is 14.4 Å². The van der Waals surface area contributed by atoms with E-state index in [4.69, 9.17) is 0 Å². The van der Waals surface area contributed by atoms with Crippen molar-refractivity contribution >= 4 is 17.9 Å². The van der Waals surface area contributed by atoms with Crippen LogP contribution in [0.2, 0.25) is 0 Å². The summed E-state index contributed by atoms with van der Waals surface area (Å²) in [6, 6.07) is 0. The highest BCUT2D eigenvalue weighted by Gasteiger charge is 2.40. The van der Waals surface area contributed by atoms with E-state index in [-0.39, 0.29) is 24.1 Å². The van der Waals surface area contributed by atoms with Gasteiger partial charge in [-0.15, -0.1) is 0 Å². The molecule has 3 unspecified atom stereocenters. The fourth-order valence-corrected chi connectivity index (χ4v) is 6.62. The monoisotopic (exact) mass is 639 g/mol. The van der Waals surface area contributed by atoms with E-state index >= 15 is 0 Å². The topological polar surface area (TPSA) is 112 Å². The van der Waals surface area contributed by atoms with E-state index in [0.29, 0.717) is 25.8 Å². The molecule has 0 aliphatic heterocycles. The molecule has 0 aromatic heterocycles. The summed E-state index contributed by atoms with van der Waals surface area (Å²) in [5, 5.41) is 29.5. The molecule has 7 heteroatoms. The Labute approximate surface area is 276 Å². The standard InChI is InChI=1S/C38H71NO6/c1-5-9-10-11-12-13-14-15-16-17-18-19-20-21-22-23-24-25-26-27-28-29-39(30-33(6-2)36(40)41,31-34(7-3)37(42)43)32-35(8-4)38(44)45/h13-14,33-35H,5-12,15-32H2,1-4H3,(H2-,40,41,42,43,44,45)/p+1/b14-13+. The largest absolute Gasteiger partial charge is 0.481 e. The molecule has 45 heavy (non-hydrogen) atoms. The first kappa shape index (κ1) is 43.1. The first-order chi connectivity index (χ1) is 21.7. The Balaban J connectivity index is 4.49. The van der Waals surface area contributed by atoms with Crippen LogP contribution in [0.25, 0.3) is 0 Å². The van der Waals surface area contributed by atoms with Gasteiger partial charge in [0.15, 0.2) is 0 Å². The third-order valence-corrected chi connectivity index (χ3v) is 9.74. The minimum absolute atomic E-state index is 0.260. The normalized spacial score (nSPS) is 15.1. The van der Waals surface area contributed by atoms with Crippen LogP contribution in [0, 0.1) is 17.8 Å². The molecule has 0 aliphatic carbocycles. The summed E-state index contributed by atoms with van der Waals surface area (Å²) in [5.41, 5.74) is 0. The van der Waals surface area contributed by atoms with Crippen molar-refractivity contribution in [2.24, 2.45) is 17.8 Å². The predicted octanol–water partition coefficient (Wildman–Crippen LogP) is 10.1. The first-order valence-electron chi connectivity index (χ1n) is 18.8. The Bertz CT molecular complexity index is 722. The van der Waals surface area contributed by atoms with Crippen molar-refractivity contribution < 1.29 is 34.2 Å². The summed E-state index contributed by atoms with van der Waals surface area (Å²) in [6.45, 7) is 9.27. The fraction of sp³-hybridized carbons (Fsp3) is 0.868. The summed E-state index contributed by atoms with van der Waals surface area (Å²) in [7, 11) is 0. The van der Waals surface area contributed by atoms with Gasteiger partial charge in [-0.3, -0.25) is 14.4 Å². The highest BCUT2D eigenvalue weighted by Crippen LogP contribution is 2.25. The number of aliphatic carboxylic acids is 3. The summed E-state index contributed by atoms with van der Waals surface area (Å²) in [5.74, 6) is -4.51. The number of carbonyl (C=O) groups is 3. The summed E-state index contributed by atoms with van der Waals surface area (Å²) in [6.07, 6.45) is 29.9. The number of carboxylic acids is 3. The maximum absolute atomic E-state index is 12.0. The lowest BCUT2D eigenvalue weighted by Gasteiger charge is -2.43. The molecule has 0 bridgehead atoms. The Hall–Kier alpha value is -1.89. The zero-order valence-corrected chi connectivity index (χ0v) is 29.8. The van der Waals surface area contributed by atoms with Crippen LogP contribution in [0.3, 0.4) is 0 Å². The van der Waals surface area contributed by atoms with Crippen molar-refractivity contribution in [3.05, 3.63) is 12.2 Å². The minimum atomic E-state index is -0.886. The van der Waals surface area contributed by atoms with Crippen molar-refractivity contribution in [1.29, 1.82) is 0 Å². The van der Waals surface area contributed by atoms with Crippen LogP contribution in [0.1, 0.15) is 169 Å². The van der Waals surface area contributed by atoms with E-state index in [1.165, 1.54) is 103 Å². The van der Waals surface area contributed by atoms with Gasteiger partial charge in [0, 0.05) is 0 Å². The first-order valence-corrected chi connectivity index (χ1v) is 18.8. The number of nitrogens with zero attached hydrogens (tertiary/aromatic N) is 1. The number of carboxylic acid groups (broad SMARTS) is 3. The number of hydrogen-bond acceptors (Lipinski definition) is 3. The maximum Gasteiger partial charge on any atom is 0.312 e. The van der Waals surface area contributed by atoms with Crippen molar-refractivity contribution in [1.82, 2.24) is 0 Å². The van der Waals surface area contributed by atoms with Gasteiger partial charge in [0.25, 0.3) is 0 Å². The summed E-state index contributed by atoms with van der Waals surface area (Å²) in [4.78, 5) is 36.0. The maximum atomic E-state index is 12.0. The molecule has 0 aromatic rings. The number of allylic oxidation sites excluding steroid dienone is 2. The van der Waals surface area contributed by atoms with Gasteiger partial charge in [0.1, 0.15) is 17.8 Å². The quantitative estimate of drug-likeness (QED) is 0.0375. The van der Waals surface area contributed by atoms with Gasteiger partial charge in [-0.25, -0.2) is 0 Å². The zero-order valence-electron chi connectivity index (χ0n) is 29.8. The molecule has 0 fully saturated rings. The lowest BCUT2D eigenvalue weighted by atomic mass is 9.95. The third kappa shape index (κ3) is 22.3. The van der Waals surface area contributed by atoms with E-state index in [2.05, 4.69) is 19.1 Å². The molecular weight excluding hydrogens is 566 g/mol. The average Bonchev–Trinajstić information content (AvgIpc) is 3.01. The molecule has 0 amide bonds. The second kappa shape index (κ2) is 28.3. The van der Waals surface area contributed by atoms with E-state index in [9.17, 15) is 29.7 Å². The molecule has 0 aromatic carbocycles. The van der Waals surface area contributed by atoms with Crippen LogP contribution >= 0.6 is 0 Å². The van der Waals surface area contributed by atoms with Crippen LogP contribution < -0.4 is 0 Å². The van der Waals surface area contributed by atoms with Gasteiger partial charge < -0.3 is 19.8 Å². The molecule has 3 N–H and O–H groups in total. The van der Waals surface area contributed by atoms with Gasteiger partial charge in [-0.2, -0.15) is 0 Å². The second-order valence-corrected chi connectivity index (χ2v) is 13.6. The van der Waals surface area contributed by atoms with Crippen molar-refractivity contribution in [3.8, 4) is 0 Å². The molecule has 0 heterocycles. The van der Waals surface area contributed by atoms with Gasteiger partial charge in [0.2, 0.25) is 0 Å². The Kier molecular flexibility index (Phi) is 27.2. The Morgan fingerprint density at radius 3 is 1.04 bits per heavy atom. The van der Waals surface area contributed by atoms with Gasteiger partial charge in [-0.1, -0.05) is 123 Å². The van der Waals surface area contributed by atoms with Crippen LogP contribution in [0.4, 0.5) is 0 Å². The molecule has 0 saturated carbocycles. The number of unbranched alkanes of at least 4 members (excludes halogenated alkanes) is 17. The molecule has 3 atom stereocenters. The highest BCUT2D eigenvalue weighted by molar-refractivity contribution is 5.71. The predicted molar refractivity (Wildman–Crippen MR) is 187 cm³/mol. The third-order valence-electron chi connectivity index (χ3n) is 9.74. The average molecular weight is 639 g/mol. The Morgan fingerprint density at radius 2 is 0.756 bits per heavy atom. The van der Waals surface area contributed by atoms with Crippen molar-refractivity contribution in [3.63, 3.8) is 0 Å². The lowest BCUT2D eigenvalue weighted by Crippen LogP contribution is -2.58. The molecular formula is C38H72NO6+. The zero-order chi connectivity index (χ0) is 33.8. The van der Waals surface area contributed by atoms with Crippen molar-refractivity contribution in [2.75, 3.05) is 26.2 Å².